The first kappa shape index (κ1) is 14.1. The zero-order valence-electron chi connectivity index (χ0n) is 12.3. The van der Waals surface area contributed by atoms with Crippen molar-refractivity contribution in [1.29, 1.82) is 0 Å². The van der Waals surface area contributed by atoms with Crippen molar-refractivity contribution in [2.24, 2.45) is 0 Å². The van der Waals surface area contributed by atoms with Crippen LogP contribution in [0, 0.1) is 0 Å². The van der Waals surface area contributed by atoms with Gasteiger partial charge in [0.2, 0.25) is 0 Å². The lowest BCUT2D eigenvalue weighted by molar-refractivity contribution is 0.430. The van der Waals surface area contributed by atoms with Gasteiger partial charge in [0, 0.05) is 37.7 Å². The van der Waals surface area contributed by atoms with E-state index in [0.29, 0.717) is 5.92 Å². The van der Waals surface area contributed by atoms with Gasteiger partial charge in [0.1, 0.15) is 11.6 Å². The Labute approximate surface area is 114 Å². The Bertz CT molecular complexity index is 485. The van der Waals surface area contributed by atoms with Crippen LogP contribution >= 0.6 is 0 Å². The Morgan fingerprint density at radius 3 is 2.74 bits per heavy atom. The largest absolute Gasteiger partial charge is 0.358 e. The molecule has 1 fully saturated rings. The van der Waals surface area contributed by atoms with Gasteiger partial charge in [-0.15, -0.1) is 0 Å². The lowest BCUT2D eigenvalue weighted by Gasteiger charge is -2.24. The number of H-pyrrole nitrogens is 1. The van der Waals surface area contributed by atoms with E-state index in [0.717, 1.165) is 37.6 Å². The van der Waals surface area contributed by atoms with Crippen molar-refractivity contribution >= 4 is 5.82 Å². The SMILES string of the molecule is CN(CCNC(C)(C)C)c1cc(=O)[nH]c(C2CC2)n1. The van der Waals surface area contributed by atoms with Crippen LogP contribution in [0.25, 0.3) is 0 Å². The lowest BCUT2D eigenvalue weighted by Crippen LogP contribution is -2.41. The highest BCUT2D eigenvalue weighted by atomic mass is 16.1. The number of likely N-dealkylation sites (N-methyl/N-ethyl adjacent to an activating group) is 1. The molecule has 5 nitrogen and oxygen atoms in total. The van der Waals surface area contributed by atoms with E-state index in [1.807, 2.05) is 11.9 Å². The highest BCUT2D eigenvalue weighted by Crippen LogP contribution is 2.37. The zero-order chi connectivity index (χ0) is 14.0. The Morgan fingerprint density at radius 2 is 2.16 bits per heavy atom. The molecule has 5 heteroatoms. The third kappa shape index (κ3) is 4.35. The summed E-state index contributed by atoms with van der Waals surface area (Å²) in [6.07, 6.45) is 2.28. The molecule has 0 atom stereocenters. The van der Waals surface area contributed by atoms with Crippen LogP contribution in [0.15, 0.2) is 10.9 Å². The molecule has 0 bridgehead atoms. The molecule has 1 aliphatic rings. The van der Waals surface area contributed by atoms with E-state index in [4.69, 9.17) is 0 Å². The summed E-state index contributed by atoms with van der Waals surface area (Å²) in [4.78, 5) is 21.1. The standard InChI is InChI=1S/C14H24N4O/c1-14(2,3)15-7-8-18(4)11-9-12(19)17-13(16-11)10-5-6-10/h9-10,15H,5-8H2,1-4H3,(H,16,17,19). The van der Waals surface area contributed by atoms with E-state index in [-0.39, 0.29) is 11.1 Å². The topological polar surface area (TPSA) is 61.0 Å². The average Bonchev–Trinajstić information content (AvgIpc) is 3.09. The molecule has 1 heterocycles. The van der Waals surface area contributed by atoms with Crippen molar-refractivity contribution < 1.29 is 0 Å². The molecule has 106 valence electrons. The second-order valence-electron chi connectivity index (χ2n) is 6.36. The summed E-state index contributed by atoms with van der Waals surface area (Å²) >= 11 is 0. The summed E-state index contributed by atoms with van der Waals surface area (Å²) in [6, 6.07) is 1.57. The molecule has 0 radical (unpaired) electrons. The van der Waals surface area contributed by atoms with Gasteiger partial charge in [-0.3, -0.25) is 4.79 Å². The molecule has 0 aromatic carbocycles. The van der Waals surface area contributed by atoms with E-state index in [9.17, 15) is 4.79 Å². The van der Waals surface area contributed by atoms with E-state index in [1.54, 1.807) is 6.07 Å². The molecule has 0 spiro atoms. The van der Waals surface area contributed by atoms with Crippen LogP contribution in [-0.4, -0.2) is 35.6 Å². The number of rotatable bonds is 5. The molecule has 2 rings (SSSR count). The van der Waals surface area contributed by atoms with Crippen LogP contribution in [0.3, 0.4) is 0 Å². The van der Waals surface area contributed by atoms with Crippen LogP contribution in [0.4, 0.5) is 5.82 Å². The Morgan fingerprint density at radius 1 is 1.47 bits per heavy atom. The van der Waals surface area contributed by atoms with Crippen LogP contribution < -0.4 is 15.8 Å². The minimum absolute atomic E-state index is 0.0532. The quantitative estimate of drug-likeness (QED) is 0.845. The number of anilines is 1. The minimum atomic E-state index is -0.0532. The van der Waals surface area contributed by atoms with Crippen LogP contribution in [0.2, 0.25) is 0 Å². The first-order valence-electron chi connectivity index (χ1n) is 6.92. The van der Waals surface area contributed by atoms with E-state index in [2.05, 4.69) is 36.1 Å². The summed E-state index contributed by atoms with van der Waals surface area (Å²) < 4.78 is 0. The van der Waals surface area contributed by atoms with Gasteiger partial charge in [0.25, 0.3) is 5.56 Å². The highest BCUT2D eigenvalue weighted by Gasteiger charge is 2.26. The second kappa shape index (κ2) is 5.33. The first-order valence-corrected chi connectivity index (χ1v) is 6.92. The van der Waals surface area contributed by atoms with Crippen molar-refractivity contribution in [1.82, 2.24) is 15.3 Å². The number of hydrogen-bond donors (Lipinski definition) is 2. The van der Waals surface area contributed by atoms with Gasteiger partial charge in [-0.1, -0.05) is 0 Å². The fourth-order valence-electron chi connectivity index (χ4n) is 1.92. The maximum absolute atomic E-state index is 11.6. The van der Waals surface area contributed by atoms with Crippen molar-refractivity contribution in [3.05, 3.63) is 22.2 Å². The number of hydrogen-bond acceptors (Lipinski definition) is 4. The van der Waals surface area contributed by atoms with Crippen molar-refractivity contribution in [3.63, 3.8) is 0 Å². The summed E-state index contributed by atoms with van der Waals surface area (Å²) in [6.45, 7) is 8.13. The fraction of sp³-hybridized carbons (Fsp3) is 0.714. The van der Waals surface area contributed by atoms with Gasteiger partial charge in [-0.25, -0.2) is 4.98 Å². The lowest BCUT2D eigenvalue weighted by atomic mass is 10.1. The maximum Gasteiger partial charge on any atom is 0.252 e. The van der Waals surface area contributed by atoms with Gasteiger partial charge < -0.3 is 15.2 Å². The molecule has 0 unspecified atom stereocenters. The summed E-state index contributed by atoms with van der Waals surface area (Å²) in [7, 11) is 1.97. The van der Waals surface area contributed by atoms with Gasteiger partial charge in [-0.2, -0.15) is 0 Å². The summed E-state index contributed by atoms with van der Waals surface area (Å²) in [5, 5.41) is 3.43. The summed E-state index contributed by atoms with van der Waals surface area (Å²) in [5.74, 6) is 2.08. The van der Waals surface area contributed by atoms with Crippen molar-refractivity contribution in [2.75, 3.05) is 25.0 Å². The van der Waals surface area contributed by atoms with Gasteiger partial charge >= 0.3 is 0 Å². The molecule has 0 saturated heterocycles. The smallest absolute Gasteiger partial charge is 0.252 e. The summed E-state index contributed by atoms with van der Waals surface area (Å²) in [5.41, 5.74) is 0.0595. The molecule has 1 aromatic rings. The van der Waals surface area contributed by atoms with Gasteiger partial charge in [-0.05, 0) is 33.6 Å². The predicted octanol–water partition coefficient (Wildman–Crippen LogP) is 1.47. The Kier molecular flexibility index (Phi) is 3.94. The molecule has 1 aliphatic carbocycles. The van der Waals surface area contributed by atoms with Gasteiger partial charge in [0.05, 0.1) is 0 Å². The molecule has 19 heavy (non-hydrogen) atoms. The molecular weight excluding hydrogens is 240 g/mol. The third-order valence-corrected chi connectivity index (χ3v) is 3.20. The number of nitrogens with zero attached hydrogens (tertiary/aromatic N) is 2. The van der Waals surface area contributed by atoms with E-state index < -0.39 is 0 Å². The average molecular weight is 264 g/mol. The molecule has 1 saturated carbocycles. The van der Waals surface area contributed by atoms with Gasteiger partial charge in [0.15, 0.2) is 0 Å². The third-order valence-electron chi connectivity index (χ3n) is 3.20. The monoisotopic (exact) mass is 264 g/mol. The number of aromatic amines is 1. The van der Waals surface area contributed by atoms with E-state index in [1.165, 1.54) is 0 Å². The molecule has 1 aromatic heterocycles. The molecular formula is C14H24N4O. The molecule has 0 aliphatic heterocycles. The second-order valence-corrected chi connectivity index (χ2v) is 6.36. The fourth-order valence-corrected chi connectivity index (χ4v) is 1.92. The van der Waals surface area contributed by atoms with Crippen LogP contribution in [0.5, 0.6) is 0 Å². The Hall–Kier alpha value is -1.36. The predicted molar refractivity (Wildman–Crippen MR) is 77.9 cm³/mol. The van der Waals surface area contributed by atoms with E-state index >= 15 is 0 Å². The zero-order valence-corrected chi connectivity index (χ0v) is 12.3. The van der Waals surface area contributed by atoms with Crippen LogP contribution in [0.1, 0.15) is 45.4 Å². The molecule has 0 amide bonds. The first-order chi connectivity index (χ1) is 8.85. The minimum Gasteiger partial charge on any atom is -0.358 e. The van der Waals surface area contributed by atoms with Crippen molar-refractivity contribution in [3.8, 4) is 0 Å². The van der Waals surface area contributed by atoms with Crippen molar-refractivity contribution in [2.45, 2.75) is 45.1 Å². The van der Waals surface area contributed by atoms with Crippen LogP contribution in [-0.2, 0) is 0 Å². The number of aromatic nitrogens is 2. The maximum atomic E-state index is 11.6. The number of nitrogens with one attached hydrogen (secondary N) is 2. The normalized spacial score (nSPS) is 15.6. The highest BCUT2D eigenvalue weighted by molar-refractivity contribution is 5.37. The Balaban J connectivity index is 1.98. The molecule has 2 N–H and O–H groups in total.